The fourth-order valence-electron chi connectivity index (χ4n) is 2.32. The molecule has 1 aromatic carbocycles. The summed E-state index contributed by atoms with van der Waals surface area (Å²) in [5.74, 6) is 2.85. The van der Waals surface area contributed by atoms with E-state index in [2.05, 4.69) is 0 Å². The first-order valence-corrected chi connectivity index (χ1v) is 9.19. The van der Waals surface area contributed by atoms with Gasteiger partial charge in [0.05, 0.1) is 11.5 Å². The van der Waals surface area contributed by atoms with E-state index in [9.17, 15) is 4.79 Å². The maximum Gasteiger partial charge on any atom is 0.195 e. The summed E-state index contributed by atoms with van der Waals surface area (Å²) in [6, 6.07) is 14.9. The van der Waals surface area contributed by atoms with Gasteiger partial charge in [0.1, 0.15) is 29.6 Å². The highest BCUT2D eigenvalue weighted by Gasteiger charge is 2.06. The van der Waals surface area contributed by atoms with Crippen LogP contribution < -0.4 is 9.47 Å². The van der Waals surface area contributed by atoms with Gasteiger partial charge in [0.2, 0.25) is 0 Å². The van der Waals surface area contributed by atoms with Crippen LogP contribution in [0.1, 0.15) is 33.0 Å². The van der Waals surface area contributed by atoms with Crippen LogP contribution in [0.2, 0.25) is 0 Å². The van der Waals surface area contributed by atoms with Crippen LogP contribution in [0.4, 0.5) is 0 Å². The normalized spacial score (nSPS) is 11.0. The first-order valence-electron chi connectivity index (χ1n) is 8.37. The number of benzene rings is 1. The Morgan fingerprint density at radius 1 is 1.04 bits per heavy atom. The second-order valence-corrected chi connectivity index (χ2v) is 6.89. The van der Waals surface area contributed by atoms with Crippen LogP contribution in [-0.4, -0.2) is 12.4 Å². The third-order valence-corrected chi connectivity index (χ3v) is 4.60. The second kappa shape index (κ2) is 8.54. The number of carbonyl (C=O) groups is 1. The lowest BCUT2D eigenvalue weighted by atomic mass is 10.3. The van der Waals surface area contributed by atoms with Gasteiger partial charge in [-0.05, 0) is 74.5 Å². The van der Waals surface area contributed by atoms with Crippen molar-refractivity contribution in [2.75, 3.05) is 6.61 Å². The summed E-state index contributed by atoms with van der Waals surface area (Å²) in [6.45, 7) is 4.88. The van der Waals surface area contributed by atoms with E-state index in [-0.39, 0.29) is 5.78 Å². The van der Waals surface area contributed by atoms with Crippen molar-refractivity contribution in [1.29, 1.82) is 0 Å². The zero-order valence-electron chi connectivity index (χ0n) is 14.7. The molecule has 3 rings (SSSR count). The van der Waals surface area contributed by atoms with E-state index in [1.54, 1.807) is 6.08 Å². The van der Waals surface area contributed by atoms with Crippen molar-refractivity contribution in [2.24, 2.45) is 0 Å². The van der Waals surface area contributed by atoms with Crippen LogP contribution in [0, 0.1) is 6.92 Å². The van der Waals surface area contributed by atoms with Crippen LogP contribution in [0.5, 0.6) is 11.5 Å². The lowest BCUT2D eigenvalue weighted by Gasteiger charge is -2.06. The number of ether oxygens (including phenoxy) is 2. The first-order chi connectivity index (χ1) is 12.6. The highest BCUT2D eigenvalue weighted by atomic mass is 32.1. The molecule has 5 heteroatoms. The fraction of sp³-hybridized carbons (Fsp3) is 0.190. The summed E-state index contributed by atoms with van der Waals surface area (Å²) in [5.41, 5.74) is 0. The van der Waals surface area contributed by atoms with Crippen molar-refractivity contribution in [1.82, 2.24) is 0 Å². The number of furan rings is 1. The highest BCUT2D eigenvalue weighted by molar-refractivity contribution is 7.14. The molecule has 0 saturated heterocycles. The minimum atomic E-state index is -0.0216. The van der Waals surface area contributed by atoms with Gasteiger partial charge in [0.25, 0.3) is 0 Å². The Kier molecular flexibility index (Phi) is 5.92. The molecule has 0 unspecified atom stereocenters. The largest absolute Gasteiger partial charge is 0.494 e. The Bertz CT molecular complexity index is 887. The molecule has 4 nitrogen and oxygen atoms in total. The summed E-state index contributed by atoms with van der Waals surface area (Å²) in [6.07, 6.45) is 3.21. The van der Waals surface area contributed by atoms with Gasteiger partial charge in [-0.2, -0.15) is 0 Å². The van der Waals surface area contributed by atoms with Crippen molar-refractivity contribution in [3.05, 3.63) is 75.9 Å². The minimum Gasteiger partial charge on any atom is -0.494 e. The number of hydrogen-bond acceptors (Lipinski definition) is 5. The number of thiophene rings is 1. The molecule has 0 fully saturated rings. The molecule has 0 aliphatic heterocycles. The zero-order valence-corrected chi connectivity index (χ0v) is 15.5. The van der Waals surface area contributed by atoms with Gasteiger partial charge < -0.3 is 13.9 Å². The van der Waals surface area contributed by atoms with Gasteiger partial charge in [-0.1, -0.05) is 0 Å². The van der Waals surface area contributed by atoms with Crippen molar-refractivity contribution in [2.45, 2.75) is 20.5 Å². The Morgan fingerprint density at radius 2 is 1.77 bits per heavy atom. The lowest BCUT2D eigenvalue weighted by molar-refractivity contribution is 0.105. The third kappa shape index (κ3) is 4.86. The van der Waals surface area contributed by atoms with Crippen LogP contribution in [-0.2, 0) is 6.61 Å². The molecule has 0 bridgehead atoms. The molecule has 3 aromatic rings. The van der Waals surface area contributed by atoms with E-state index in [1.165, 1.54) is 17.4 Å². The molecule has 0 N–H and O–H groups in total. The summed E-state index contributed by atoms with van der Waals surface area (Å²) >= 11 is 1.49. The molecule has 0 aliphatic carbocycles. The zero-order chi connectivity index (χ0) is 18.4. The van der Waals surface area contributed by atoms with Crippen molar-refractivity contribution in [3.8, 4) is 11.5 Å². The molecule has 0 atom stereocenters. The smallest absolute Gasteiger partial charge is 0.195 e. The molecule has 134 valence electrons. The van der Waals surface area contributed by atoms with Crippen molar-refractivity contribution in [3.63, 3.8) is 0 Å². The van der Waals surface area contributed by atoms with Gasteiger partial charge >= 0.3 is 0 Å². The van der Waals surface area contributed by atoms with Crippen LogP contribution in [0.15, 0.2) is 59.0 Å². The molecule has 0 aliphatic rings. The predicted octanol–water partition coefficient (Wildman–Crippen LogP) is 5.52. The Labute approximate surface area is 156 Å². The maximum absolute atomic E-state index is 12.1. The number of ketones is 1. The predicted molar refractivity (Wildman–Crippen MR) is 103 cm³/mol. The van der Waals surface area contributed by atoms with Gasteiger partial charge in [-0.25, -0.2) is 0 Å². The maximum atomic E-state index is 12.1. The fourth-order valence-corrected chi connectivity index (χ4v) is 3.11. The van der Waals surface area contributed by atoms with E-state index < -0.39 is 0 Å². The number of hydrogen-bond donors (Lipinski definition) is 0. The molecule has 0 spiro atoms. The van der Waals surface area contributed by atoms with Crippen LogP contribution >= 0.6 is 11.3 Å². The SMILES string of the molecule is CCOc1ccc(OCc2ccc(/C=C/C(=O)c3ccc(C)s3)o2)cc1. The van der Waals surface area contributed by atoms with Crippen molar-refractivity contribution < 1.29 is 18.7 Å². The molecule has 0 amide bonds. The van der Waals surface area contributed by atoms with Gasteiger partial charge in [-0.3, -0.25) is 4.79 Å². The average Bonchev–Trinajstić information content (AvgIpc) is 3.28. The van der Waals surface area contributed by atoms with Crippen molar-refractivity contribution >= 4 is 23.2 Å². The van der Waals surface area contributed by atoms with Gasteiger partial charge in [0, 0.05) is 4.88 Å². The monoisotopic (exact) mass is 368 g/mol. The third-order valence-electron chi connectivity index (χ3n) is 3.58. The Balaban J connectivity index is 1.54. The highest BCUT2D eigenvalue weighted by Crippen LogP contribution is 2.20. The van der Waals surface area contributed by atoms with E-state index in [0.717, 1.165) is 21.3 Å². The van der Waals surface area contributed by atoms with Crippen LogP contribution in [0.25, 0.3) is 6.08 Å². The molecular formula is C21H20O4S. The number of allylic oxidation sites excluding steroid dienone is 1. The molecule has 2 heterocycles. The standard InChI is InChI=1S/C21H20O4S/c1-3-23-16-5-7-17(8-6-16)24-14-19-10-9-18(25-19)11-12-20(22)21-13-4-15(2)26-21/h4-13H,3,14H2,1-2H3/b12-11+. The number of rotatable bonds is 8. The number of carbonyl (C=O) groups excluding carboxylic acids is 1. The molecular weight excluding hydrogens is 348 g/mol. The summed E-state index contributed by atoms with van der Waals surface area (Å²) < 4.78 is 16.8. The first kappa shape index (κ1) is 18.0. The van der Waals surface area contributed by atoms with E-state index in [4.69, 9.17) is 13.9 Å². The second-order valence-electron chi connectivity index (χ2n) is 5.61. The summed E-state index contributed by atoms with van der Waals surface area (Å²) in [5, 5.41) is 0. The minimum absolute atomic E-state index is 0.0216. The topological polar surface area (TPSA) is 48.7 Å². The molecule has 0 saturated carbocycles. The van der Waals surface area contributed by atoms with E-state index in [0.29, 0.717) is 24.7 Å². The van der Waals surface area contributed by atoms with Gasteiger partial charge in [0.15, 0.2) is 5.78 Å². The molecule has 0 radical (unpaired) electrons. The quantitative estimate of drug-likeness (QED) is 0.388. The number of aryl methyl sites for hydroxylation is 1. The van der Waals surface area contributed by atoms with E-state index >= 15 is 0 Å². The lowest BCUT2D eigenvalue weighted by Crippen LogP contribution is -1.94. The molecule has 26 heavy (non-hydrogen) atoms. The van der Waals surface area contributed by atoms with E-state index in [1.807, 2.05) is 62.4 Å². The van der Waals surface area contributed by atoms with Crippen LogP contribution in [0.3, 0.4) is 0 Å². The summed E-state index contributed by atoms with van der Waals surface area (Å²) in [7, 11) is 0. The molecule has 2 aromatic heterocycles. The Hall–Kier alpha value is -2.79. The summed E-state index contributed by atoms with van der Waals surface area (Å²) in [4.78, 5) is 13.9. The van der Waals surface area contributed by atoms with Gasteiger partial charge in [-0.15, -0.1) is 11.3 Å². The Morgan fingerprint density at radius 3 is 2.42 bits per heavy atom. The average molecular weight is 368 g/mol.